The topological polar surface area (TPSA) is 157 Å². The molecule has 1 saturated heterocycles. The number of unbranched alkanes of at least 4 members (excludes halogenated alkanes) is 1. The first kappa shape index (κ1) is 27.5. The molecule has 3 amide bonds. The molecule has 0 aromatic heterocycles. The number of amides is 3. The fourth-order valence-corrected chi connectivity index (χ4v) is 4.46. The number of hydrogen-bond acceptors (Lipinski definition) is 5. The van der Waals surface area contributed by atoms with E-state index in [4.69, 9.17) is 21.9 Å². The third-order valence-electron chi connectivity index (χ3n) is 6.34. The van der Waals surface area contributed by atoms with E-state index in [1.807, 2.05) is 60.7 Å². The zero-order valence-corrected chi connectivity index (χ0v) is 21.0. The number of hydrogen-bond donors (Lipinski definition) is 3. The van der Waals surface area contributed by atoms with E-state index in [1.165, 1.54) is 9.80 Å². The molecule has 2 aromatic rings. The number of rotatable bonds is 12. The van der Waals surface area contributed by atoms with Gasteiger partial charge in [-0.1, -0.05) is 60.7 Å². The maximum atomic E-state index is 13.9. The third-order valence-corrected chi connectivity index (χ3v) is 6.34. The van der Waals surface area contributed by atoms with Crippen LogP contribution in [0.4, 0.5) is 4.79 Å². The first-order chi connectivity index (χ1) is 17.9. The van der Waals surface area contributed by atoms with Gasteiger partial charge < -0.3 is 26.8 Å². The predicted molar refractivity (Wildman–Crippen MR) is 141 cm³/mol. The Balaban J connectivity index is 1.86. The maximum absolute atomic E-state index is 13.9. The SMILES string of the molecule is NC(=O)[C@@H]1CCCN1C(=O)[C@@H](Cc1ccccc1)N(CCCCN=C(N)N)C(=O)OCc1ccccc1. The molecule has 0 unspecified atom stereocenters. The Morgan fingerprint density at radius 1 is 0.973 bits per heavy atom. The van der Waals surface area contributed by atoms with Crippen molar-refractivity contribution in [3.63, 3.8) is 0 Å². The smallest absolute Gasteiger partial charge is 0.410 e. The highest BCUT2D eigenvalue weighted by Gasteiger charge is 2.40. The Morgan fingerprint density at radius 3 is 2.24 bits per heavy atom. The molecule has 10 heteroatoms. The molecule has 10 nitrogen and oxygen atoms in total. The second kappa shape index (κ2) is 13.9. The molecule has 3 rings (SSSR count). The van der Waals surface area contributed by atoms with Crippen molar-refractivity contribution in [3.8, 4) is 0 Å². The highest BCUT2D eigenvalue weighted by atomic mass is 16.6. The monoisotopic (exact) mass is 508 g/mol. The fraction of sp³-hybridized carbons (Fsp3) is 0.407. The molecular formula is C27H36N6O4. The van der Waals surface area contributed by atoms with Gasteiger partial charge in [0.25, 0.3) is 0 Å². The van der Waals surface area contributed by atoms with Gasteiger partial charge in [0.15, 0.2) is 5.96 Å². The fourth-order valence-electron chi connectivity index (χ4n) is 4.46. The minimum atomic E-state index is -0.867. The van der Waals surface area contributed by atoms with Crippen LogP contribution in [0, 0.1) is 0 Å². The third kappa shape index (κ3) is 8.23. The molecule has 0 radical (unpaired) electrons. The molecule has 1 fully saturated rings. The van der Waals surface area contributed by atoms with Crippen molar-refractivity contribution in [2.75, 3.05) is 19.6 Å². The summed E-state index contributed by atoms with van der Waals surface area (Å²) in [4.78, 5) is 46.3. The number of carbonyl (C=O) groups excluding carboxylic acids is 3. The molecule has 1 aliphatic rings. The average Bonchev–Trinajstić information content (AvgIpc) is 3.39. The number of benzene rings is 2. The van der Waals surface area contributed by atoms with Crippen LogP contribution in [0.15, 0.2) is 65.7 Å². The van der Waals surface area contributed by atoms with Crippen molar-refractivity contribution in [3.05, 3.63) is 71.8 Å². The van der Waals surface area contributed by atoms with Crippen LogP contribution in [-0.2, 0) is 27.4 Å². The van der Waals surface area contributed by atoms with E-state index in [-0.39, 0.29) is 31.4 Å². The summed E-state index contributed by atoms with van der Waals surface area (Å²) < 4.78 is 5.65. The zero-order chi connectivity index (χ0) is 26.6. The van der Waals surface area contributed by atoms with Gasteiger partial charge in [-0.3, -0.25) is 19.5 Å². The van der Waals surface area contributed by atoms with Crippen LogP contribution in [0.1, 0.15) is 36.8 Å². The van der Waals surface area contributed by atoms with Crippen LogP contribution in [0.5, 0.6) is 0 Å². The number of nitrogens with zero attached hydrogens (tertiary/aromatic N) is 3. The number of ether oxygens (including phenoxy) is 1. The van der Waals surface area contributed by atoms with Crippen molar-refractivity contribution in [2.24, 2.45) is 22.2 Å². The molecule has 0 saturated carbocycles. The van der Waals surface area contributed by atoms with E-state index < -0.39 is 24.1 Å². The summed E-state index contributed by atoms with van der Waals surface area (Å²) in [7, 11) is 0. The van der Waals surface area contributed by atoms with Gasteiger partial charge in [-0.2, -0.15) is 0 Å². The van der Waals surface area contributed by atoms with Crippen molar-refractivity contribution in [2.45, 2.75) is 50.8 Å². The summed E-state index contributed by atoms with van der Waals surface area (Å²) >= 11 is 0. The molecular weight excluding hydrogens is 472 g/mol. The van der Waals surface area contributed by atoms with Crippen LogP contribution in [0.3, 0.4) is 0 Å². The first-order valence-corrected chi connectivity index (χ1v) is 12.5. The summed E-state index contributed by atoms with van der Waals surface area (Å²) in [6.45, 7) is 1.15. The second-order valence-corrected chi connectivity index (χ2v) is 9.04. The van der Waals surface area contributed by atoms with Gasteiger partial charge in [0.1, 0.15) is 18.7 Å². The van der Waals surface area contributed by atoms with Crippen LogP contribution in [-0.4, -0.2) is 65.4 Å². The number of likely N-dealkylation sites (tertiary alicyclic amines) is 1. The van der Waals surface area contributed by atoms with E-state index in [0.717, 1.165) is 11.1 Å². The maximum Gasteiger partial charge on any atom is 0.410 e. The molecule has 1 heterocycles. The highest BCUT2D eigenvalue weighted by molar-refractivity contribution is 5.91. The van der Waals surface area contributed by atoms with E-state index >= 15 is 0 Å². The number of primary amides is 1. The molecule has 0 bridgehead atoms. The lowest BCUT2D eigenvalue weighted by Gasteiger charge is -2.34. The van der Waals surface area contributed by atoms with Crippen LogP contribution in [0.2, 0.25) is 0 Å². The van der Waals surface area contributed by atoms with E-state index in [9.17, 15) is 14.4 Å². The van der Waals surface area contributed by atoms with Gasteiger partial charge in [-0.05, 0) is 36.8 Å². The minimum absolute atomic E-state index is 0.00258. The molecule has 6 N–H and O–H groups in total. The predicted octanol–water partition coefficient (Wildman–Crippen LogP) is 1.77. The lowest BCUT2D eigenvalue weighted by atomic mass is 10.0. The zero-order valence-electron chi connectivity index (χ0n) is 21.0. The van der Waals surface area contributed by atoms with Crippen LogP contribution >= 0.6 is 0 Å². The number of aliphatic imine (C=N–C) groups is 1. The van der Waals surface area contributed by atoms with E-state index in [1.54, 1.807) is 0 Å². The molecule has 0 aliphatic carbocycles. The van der Waals surface area contributed by atoms with E-state index in [2.05, 4.69) is 4.99 Å². The van der Waals surface area contributed by atoms with Gasteiger partial charge in [0.05, 0.1) is 0 Å². The molecule has 1 aliphatic heterocycles. The standard InChI is InChI=1S/C27H36N6O4/c28-24(34)22-14-9-17-32(22)25(35)23(18-20-10-3-1-4-11-20)33(16-8-7-15-31-26(29)30)27(36)37-19-21-12-5-2-6-13-21/h1-6,10-13,22-23H,7-9,14-19H2,(H2,28,34)(H4,29,30,31)/t22-,23+/m0/s1. The lowest BCUT2D eigenvalue weighted by molar-refractivity contribution is -0.141. The van der Waals surface area contributed by atoms with Gasteiger partial charge in [0, 0.05) is 26.1 Å². The number of guanidine groups is 1. The van der Waals surface area contributed by atoms with Gasteiger partial charge in [-0.25, -0.2) is 4.79 Å². The quantitative estimate of drug-likeness (QED) is 0.225. The van der Waals surface area contributed by atoms with Crippen molar-refractivity contribution in [1.29, 1.82) is 0 Å². The van der Waals surface area contributed by atoms with Crippen LogP contribution < -0.4 is 17.2 Å². The van der Waals surface area contributed by atoms with Gasteiger partial charge >= 0.3 is 6.09 Å². The summed E-state index contributed by atoms with van der Waals surface area (Å²) in [5, 5.41) is 0. The minimum Gasteiger partial charge on any atom is -0.445 e. The van der Waals surface area contributed by atoms with Crippen molar-refractivity contribution in [1.82, 2.24) is 9.80 Å². The molecule has 37 heavy (non-hydrogen) atoms. The van der Waals surface area contributed by atoms with Gasteiger partial charge in [0.2, 0.25) is 11.8 Å². The first-order valence-electron chi connectivity index (χ1n) is 12.5. The summed E-state index contributed by atoms with van der Waals surface area (Å²) in [5.41, 5.74) is 18.1. The summed E-state index contributed by atoms with van der Waals surface area (Å²) in [6, 6.07) is 17.2. The molecule has 2 aromatic carbocycles. The van der Waals surface area contributed by atoms with Crippen molar-refractivity contribution >= 4 is 23.9 Å². The highest BCUT2D eigenvalue weighted by Crippen LogP contribution is 2.22. The normalized spacial score (nSPS) is 15.6. The van der Waals surface area contributed by atoms with Crippen molar-refractivity contribution < 1.29 is 19.1 Å². The molecule has 2 atom stereocenters. The largest absolute Gasteiger partial charge is 0.445 e. The second-order valence-electron chi connectivity index (χ2n) is 9.04. The Hall–Kier alpha value is -4.08. The molecule has 198 valence electrons. The Labute approximate surface area is 217 Å². The Bertz CT molecular complexity index is 1060. The average molecular weight is 509 g/mol. The van der Waals surface area contributed by atoms with Gasteiger partial charge in [-0.15, -0.1) is 0 Å². The van der Waals surface area contributed by atoms with Crippen LogP contribution in [0.25, 0.3) is 0 Å². The molecule has 0 spiro atoms. The summed E-state index contributed by atoms with van der Waals surface area (Å²) in [5.74, 6) is -0.853. The number of carbonyl (C=O) groups is 3. The lowest BCUT2D eigenvalue weighted by Crippen LogP contribution is -2.55. The number of nitrogens with two attached hydrogens (primary N) is 3. The Kier molecular flexibility index (Phi) is 10.3. The van der Waals surface area contributed by atoms with E-state index in [0.29, 0.717) is 38.8 Å². The summed E-state index contributed by atoms with van der Waals surface area (Å²) in [6.07, 6.45) is 2.02. The Morgan fingerprint density at radius 2 is 1.62 bits per heavy atom.